The maximum absolute atomic E-state index is 14.0. The van der Waals surface area contributed by atoms with Crippen molar-refractivity contribution in [3.63, 3.8) is 0 Å². The SMILES string of the molecule is C=COc1cccc(C2=C(c3cn(C(C)C)c4ccc(F)cc34)C(=O)NC2=O)c1. The number of amides is 2. The monoisotopic (exact) mass is 390 g/mol. The number of benzene rings is 2. The van der Waals surface area contributed by atoms with Crippen LogP contribution in [0.3, 0.4) is 0 Å². The van der Waals surface area contributed by atoms with Gasteiger partial charge in [0.15, 0.2) is 0 Å². The van der Waals surface area contributed by atoms with Crippen molar-refractivity contribution < 1.29 is 18.7 Å². The van der Waals surface area contributed by atoms with Crippen molar-refractivity contribution in [2.75, 3.05) is 0 Å². The van der Waals surface area contributed by atoms with Gasteiger partial charge in [-0.3, -0.25) is 14.9 Å². The average molecular weight is 390 g/mol. The fourth-order valence-electron chi connectivity index (χ4n) is 3.66. The van der Waals surface area contributed by atoms with Gasteiger partial charge in [0, 0.05) is 28.7 Å². The van der Waals surface area contributed by atoms with Crippen LogP contribution in [0.15, 0.2) is 61.5 Å². The van der Waals surface area contributed by atoms with E-state index in [1.54, 1.807) is 36.5 Å². The molecule has 0 atom stereocenters. The number of ether oxygens (including phenoxy) is 1. The minimum absolute atomic E-state index is 0.0882. The fraction of sp³-hybridized carbons (Fsp3) is 0.130. The lowest BCUT2D eigenvalue weighted by atomic mass is 9.96. The molecule has 0 bridgehead atoms. The predicted molar refractivity (Wildman–Crippen MR) is 110 cm³/mol. The number of rotatable bonds is 5. The highest BCUT2D eigenvalue weighted by Crippen LogP contribution is 2.37. The average Bonchev–Trinajstić information content (AvgIpc) is 3.18. The first kappa shape index (κ1) is 18.7. The quantitative estimate of drug-likeness (QED) is 0.517. The summed E-state index contributed by atoms with van der Waals surface area (Å²) in [6.07, 6.45) is 3.08. The van der Waals surface area contributed by atoms with Crippen LogP contribution in [0.5, 0.6) is 5.75 Å². The van der Waals surface area contributed by atoms with Gasteiger partial charge >= 0.3 is 0 Å². The molecule has 2 amide bonds. The molecule has 1 N–H and O–H groups in total. The first-order valence-electron chi connectivity index (χ1n) is 9.19. The zero-order valence-electron chi connectivity index (χ0n) is 16.0. The third kappa shape index (κ3) is 3.12. The molecule has 1 aliphatic heterocycles. The summed E-state index contributed by atoms with van der Waals surface area (Å²) in [7, 11) is 0. The Morgan fingerprint density at radius 1 is 1.10 bits per heavy atom. The van der Waals surface area contributed by atoms with E-state index in [0.717, 1.165) is 5.52 Å². The van der Waals surface area contributed by atoms with Crippen molar-refractivity contribution in [1.29, 1.82) is 0 Å². The van der Waals surface area contributed by atoms with Crippen molar-refractivity contribution in [1.82, 2.24) is 9.88 Å². The second kappa shape index (κ2) is 7.05. The number of fused-ring (bicyclic) bond motifs is 1. The van der Waals surface area contributed by atoms with Crippen LogP contribution < -0.4 is 10.1 Å². The molecule has 0 unspecified atom stereocenters. The predicted octanol–water partition coefficient (Wildman–Crippen LogP) is 4.45. The lowest BCUT2D eigenvalue weighted by Gasteiger charge is -2.08. The van der Waals surface area contributed by atoms with Gasteiger partial charge in [-0.15, -0.1) is 0 Å². The highest BCUT2D eigenvalue weighted by molar-refractivity contribution is 6.50. The number of nitrogens with zero attached hydrogens (tertiary/aromatic N) is 1. The highest BCUT2D eigenvalue weighted by atomic mass is 19.1. The van der Waals surface area contributed by atoms with Crippen molar-refractivity contribution >= 4 is 33.9 Å². The lowest BCUT2D eigenvalue weighted by molar-refractivity contribution is -0.122. The Labute approximate surface area is 167 Å². The van der Waals surface area contributed by atoms with Crippen LogP contribution in [0.4, 0.5) is 4.39 Å². The lowest BCUT2D eigenvalue weighted by Crippen LogP contribution is -2.22. The molecule has 0 spiro atoms. The number of halogens is 1. The second-order valence-electron chi connectivity index (χ2n) is 7.05. The molecule has 0 radical (unpaired) electrons. The molecular weight excluding hydrogens is 371 g/mol. The van der Waals surface area contributed by atoms with Crippen molar-refractivity contribution in [3.8, 4) is 5.75 Å². The smallest absolute Gasteiger partial charge is 0.259 e. The number of nitrogens with one attached hydrogen (secondary N) is 1. The Morgan fingerprint density at radius 2 is 1.86 bits per heavy atom. The number of hydrogen-bond acceptors (Lipinski definition) is 3. The minimum atomic E-state index is -0.507. The number of hydrogen-bond donors (Lipinski definition) is 1. The van der Waals surface area contributed by atoms with Crippen molar-refractivity contribution in [3.05, 3.63) is 78.4 Å². The van der Waals surface area contributed by atoms with E-state index in [1.165, 1.54) is 18.4 Å². The zero-order chi connectivity index (χ0) is 20.7. The molecule has 2 heterocycles. The first-order valence-corrected chi connectivity index (χ1v) is 9.19. The van der Waals surface area contributed by atoms with E-state index < -0.39 is 17.6 Å². The van der Waals surface area contributed by atoms with Gasteiger partial charge in [-0.05, 0) is 49.7 Å². The molecule has 3 aromatic rings. The highest BCUT2D eigenvalue weighted by Gasteiger charge is 2.34. The van der Waals surface area contributed by atoms with E-state index in [4.69, 9.17) is 4.74 Å². The Kier molecular flexibility index (Phi) is 4.54. The van der Waals surface area contributed by atoms with Crippen molar-refractivity contribution in [2.24, 2.45) is 0 Å². The molecule has 0 saturated heterocycles. The second-order valence-corrected chi connectivity index (χ2v) is 7.05. The summed E-state index contributed by atoms with van der Waals surface area (Å²) in [5, 5.41) is 2.95. The summed E-state index contributed by atoms with van der Waals surface area (Å²) < 4.78 is 21.3. The molecule has 2 aromatic carbocycles. The standard InChI is InChI=1S/C23H19FN2O3/c1-4-29-16-7-5-6-14(10-16)20-21(23(28)25-22(20)27)18-12-26(13(2)3)19-9-8-15(24)11-17(18)19/h4-13H,1H2,2-3H3,(H,25,27,28). The number of aromatic nitrogens is 1. The van der Waals surface area contributed by atoms with E-state index in [-0.39, 0.29) is 17.2 Å². The van der Waals surface area contributed by atoms with Crippen molar-refractivity contribution in [2.45, 2.75) is 19.9 Å². The molecule has 4 rings (SSSR count). The first-order chi connectivity index (χ1) is 13.9. The van der Waals surface area contributed by atoms with E-state index in [1.807, 2.05) is 18.4 Å². The number of carbonyl (C=O) groups excluding carboxylic acids is 2. The van der Waals surface area contributed by atoms with Gasteiger partial charge in [0.2, 0.25) is 0 Å². The summed E-state index contributed by atoms with van der Waals surface area (Å²) in [6.45, 7) is 7.52. The molecule has 6 heteroatoms. The van der Waals surface area contributed by atoms with Crippen LogP contribution in [0.25, 0.3) is 22.0 Å². The molecular formula is C23H19FN2O3. The van der Waals surface area contributed by atoms with Crippen LogP contribution in [-0.4, -0.2) is 16.4 Å². The topological polar surface area (TPSA) is 60.3 Å². The number of carbonyl (C=O) groups is 2. The maximum atomic E-state index is 14.0. The van der Waals surface area contributed by atoms with Gasteiger partial charge in [0.25, 0.3) is 11.8 Å². The maximum Gasteiger partial charge on any atom is 0.259 e. The summed E-state index contributed by atoms with van der Waals surface area (Å²) in [4.78, 5) is 25.4. The largest absolute Gasteiger partial charge is 0.466 e. The summed E-state index contributed by atoms with van der Waals surface area (Å²) >= 11 is 0. The third-order valence-corrected chi connectivity index (χ3v) is 4.89. The van der Waals surface area contributed by atoms with E-state index in [2.05, 4.69) is 11.9 Å². The van der Waals surface area contributed by atoms with E-state index >= 15 is 0 Å². The Balaban J connectivity index is 2.02. The molecule has 0 saturated carbocycles. The van der Waals surface area contributed by atoms with Gasteiger partial charge in [-0.2, -0.15) is 0 Å². The normalized spacial score (nSPS) is 14.1. The molecule has 1 aromatic heterocycles. The fourth-order valence-corrected chi connectivity index (χ4v) is 3.66. The van der Waals surface area contributed by atoms with E-state index in [9.17, 15) is 14.0 Å². The Morgan fingerprint density at radius 3 is 2.59 bits per heavy atom. The molecule has 146 valence electrons. The zero-order valence-corrected chi connectivity index (χ0v) is 16.0. The molecule has 0 aliphatic carbocycles. The van der Waals surface area contributed by atoms with Gasteiger partial charge in [0.1, 0.15) is 11.6 Å². The van der Waals surface area contributed by atoms with Crippen LogP contribution in [0.1, 0.15) is 31.0 Å². The minimum Gasteiger partial charge on any atom is -0.466 e. The third-order valence-electron chi connectivity index (χ3n) is 4.89. The van der Waals surface area contributed by atoms with Crippen LogP contribution in [0.2, 0.25) is 0 Å². The van der Waals surface area contributed by atoms with Gasteiger partial charge in [-0.25, -0.2) is 4.39 Å². The number of imide groups is 1. The molecule has 29 heavy (non-hydrogen) atoms. The molecule has 0 fully saturated rings. The van der Waals surface area contributed by atoms with Crippen LogP contribution >= 0.6 is 0 Å². The molecule has 1 aliphatic rings. The van der Waals surface area contributed by atoms with Gasteiger partial charge in [0.05, 0.1) is 17.4 Å². The van der Waals surface area contributed by atoms with Gasteiger partial charge in [-0.1, -0.05) is 18.7 Å². The summed E-state index contributed by atoms with van der Waals surface area (Å²) in [5.74, 6) is -0.921. The summed E-state index contributed by atoms with van der Waals surface area (Å²) in [6, 6.07) is 11.4. The van der Waals surface area contributed by atoms with Gasteiger partial charge < -0.3 is 9.30 Å². The molecule has 5 nitrogen and oxygen atoms in total. The van der Waals surface area contributed by atoms with Crippen LogP contribution in [0, 0.1) is 5.82 Å². The Bertz CT molecular complexity index is 1200. The van der Waals surface area contributed by atoms with E-state index in [0.29, 0.717) is 22.3 Å². The summed E-state index contributed by atoms with van der Waals surface area (Å²) in [5.41, 5.74) is 2.29. The Hall–Kier alpha value is -3.67. The van der Waals surface area contributed by atoms with Crippen LogP contribution in [-0.2, 0) is 9.59 Å².